The average Bonchev–Trinajstić information content (AvgIpc) is 2.09. The minimum Gasteiger partial charge on any atom is -0.317 e. The molecule has 72 valence electrons. The van der Waals surface area contributed by atoms with Crippen LogP contribution in [0.5, 0.6) is 0 Å². The Morgan fingerprint density at radius 3 is 2.69 bits per heavy atom. The normalized spacial score (nSPS) is 10.4. The van der Waals surface area contributed by atoms with Crippen LogP contribution in [0.2, 0.25) is 0 Å². The Morgan fingerprint density at radius 2 is 2.08 bits per heavy atom. The molecule has 13 heavy (non-hydrogen) atoms. The van der Waals surface area contributed by atoms with Crippen molar-refractivity contribution in [1.82, 2.24) is 5.32 Å². The molecule has 1 aromatic carbocycles. The molecule has 0 fully saturated rings. The van der Waals surface area contributed by atoms with Crippen LogP contribution in [0.1, 0.15) is 12.5 Å². The third-order valence-corrected chi connectivity index (χ3v) is 1.84. The van der Waals surface area contributed by atoms with E-state index in [-0.39, 0.29) is 0 Å². The van der Waals surface area contributed by atoms with E-state index in [1.54, 1.807) is 0 Å². The Bertz CT molecular complexity index is 274. The molecule has 0 unspecified atom stereocenters. The molecule has 0 aliphatic heterocycles. The van der Waals surface area contributed by atoms with Crippen LogP contribution in [0.3, 0.4) is 0 Å². The molecule has 0 heterocycles. The maximum absolute atomic E-state index is 13.0. The van der Waals surface area contributed by atoms with Crippen molar-refractivity contribution >= 4 is 0 Å². The fraction of sp³-hybridized carbons (Fsp3) is 0.400. The zero-order valence-electron chi connectivity index (χ0n) is 7.61. The molecule has 3 heteroatoms. The smallest absolute Gasteiger partial charge is 0.129 e. The Labute approximate surface area is 76.8 Å². The van der Waals surface area contributed by atoms with Gasteiger partial charge >= 0.3 is 0 Å². The topological polar surface area (TPSA) is 12.0 Å². The predicted molar refractivity (Wildman–Crippen MR) is 48.6 cm³/mol. The molecule has 0 aliphatic carbocycles. The molecule has 1 N–H and O–H groups in total. The van der Waals surface area contributed by atoms with Gasteiger partial charge in [-0.15, -0.1) is 0 Å². The van der Waals surface area contributed by atoms with Crippen LogP contribution in [0, 0.1) is 11.6 Å². The maximum atomic E-state index is 13.0. The highest BCUT2D eigenvalue weighted by Gasteiger charge is 2.02. The Balaban J connectivity index is 2.56. The first-order valence-electron chi connectivity index (χ1n) is 4.38. The molecule has 0 atom stereocenters. The molecule has 0 aromatic heterocycles. The van der Waals surface area contributed by atoms with Crippen molar-refractivity contribution in [2.24, 2.45) is 0 Å². The van der Waals surface area contributed by atoms with Gasteiger partial charge < -0.3 is 5.32 Å². The highest BCUT2D eigenvalue weighted by Crippen LogP contribution is 2.09. The number of likely N-dealkylation sites (N-methyl/N-ethyl adjacent to an activating group) is 1. The Hall–Kier alpha value is -0.960. The van der Waals surface area contributed by atoms with Gasteiger partial charge in [-0.05, 0) is 31.1 Å². The first kappa shape index (κ1) is 10.1. The van der Waals surface area contributed by atoms with Crippen LogP contribution in [0.15, 0.2) is 18.2 Å². The zero-order chi connectivity index (χ0) is 9.68. The lowest BCUT2D eigenvalue weighted by Gasteiger charge is -2.03. The van der Waals surface area contributed by atoms with E-state index in [1.165, 1.54) is 12.1 Å². The van der Waals surface area contributed by atoms with Crippen LogP contribution in [0.25, 0.3) is 0 Å². The maximum Gasteiger partial charge on any atom is 0.129 e. The lowest BCUT2D eigenvalue weighted by atomic mass is 10.1. The number of hydrogen-bond acceptors (Lipinski definition) is 1. The highest BCUT2D eigenvalue weighted by atomic mass is 19.1. The molecule has 0 aliphatic rings. The summed E-state index contributed by atoms with van der Waals surface area (Å²) in [6.45, 7) is 3.57. The molecule has 0 amide bonds. The van der Waals surface area contributed by atoms with Crippen LogP contribution < -0.4 is 5.32 Å². The number of rotatable bonds is 4. The van der Waals surface area contributed by atoms with Crippen molar-refractivity contribution in [3.8, 4) is 0 Å². The molecule has 0 saturated carbocycles. The lowest BCUT2D eigenvalue weighted by molar-refractivity contribution is 0.568. The summed E-state index contributed by atoms with van der Waals surface area (Å²) in [5, 5.41) is 3.08. The number of nitrogens with one attached hydrogen (secondary N) is 1. The van der Waals surface area contributed by atoms with E-state index in [0.717, 1.165) is 19.2 Å². The summed E-state index contributed by atoms with van der Waals surface area (Å²) in [4.78, 5) is 0. The van der Waals surface area contributed by atoms with Crippen molar-refractivity contribution in [3.05, 3.63) is 35.4 Å². The van der Waals surface area contributed by atoms with E-state index < -0.39 is 11.6 Å². The van der Waals surface area contributed by atoms with E-state index in [9.17, 15) is 8.78 Å². The molecule has 0 spiro atoms. The minimum atomic E-state index is -0.523. The second kappa shape index (κ2) is 4.92. The number of halogens is 2. The summed E-state index contributed by atoms with van der Waals surface area (Å²) in [6, 6.07) is 3.69. The monoisotopic (exact) mass is 185 g/mol. The molecule has 0 radical (unpaired) electrons. The summed E-state index contributed by atoms with van der Waals surface area (Å²) in [5.41, 5.74) is 0.558. The van der Waals surface area contributed by atoms with E-state index in [2.05, 4.69) is 5.32 Å². The van der Waals surface area contributed by atoms with Crippen molar-refractivity contribution < 1.29 is 8.78 Å². The van der Waals surface area contributed by atoms with Crippen LogP contribution in [-0.4, -0.2) is 13.1 Å². The van der Waals surface area contributed by atoms with E-state index in [4.69, 9.17) is 0 Å². The molecular weight excluding hydrogens is 172 g/mol. The van der Waals surface area contributed by atoms with E-state index >= 15 is 0 Å². The van der Waals surface area contributed by atoms with Gasteiger partial charge in [-0.3, -0.25) is 0 Å². The molecule has 1 rings (SSSR count). The zero-order valence-corrected chi connectivity index (χ0v) is 7.61. The van der Waals surface area contributed by atoms with Crippen molar-refractivity contribution in [1.29, 1.82) is 0 Å². The first-order chi connectivity index (χ1) is 6.24. The highest BCUT2D eigenvalue weighted by molar-refractivity contribution is 5.18. The lowest BCUT2D eigenvalue weighted by Crippen LogP contribution is -2.16. The predicted octanol–water partition coefficient (Wildman–Crippen LogP) is 2.12. The Morgan fingerprint density at radius 1 is 1.31 bits per heavy atom. The molecular formula is C10H13F2N. The van der Waals surface area contributed by atoms with E-state index in [1.807, 2.05) is 6.92 Å². The van der Waals surface area contributed by atoms with Crippen LogP contribution >= 0.6 is 0 Å². The standard InChI is InChI=1S/C10H13F2N/c1-2-13-6-5-8-3-4-9(11)7-10(8)12/h3-4,7,13H,2,5-6H2,1H3. The van der Waals surface area contributed by atoms with Crippen LogP contribution in [0.4, 0.5) is 8.78 Å². The quantitative estimate of drug-likeness (QED) is 0.708. The fourth-order valence-electron chi connectivity index (χ4n) is 1.12. The number of benzene rings is 1. The van der Waals surface area contributed by atoms with Gasteiger partial charge in [0, 0.05) is 6.07 Å². The molecule has 0 bridgehead atoms. The molecule has 1 aromatic rings. The fourth-order valence-corrected chi connectivity index (χ4v) is 1.12. The van der Waals surface area contributed by atoms with Crippen molar-refractivity contribution in [2.75, 3.05) is 13.1 Å². The summed E-state index contributed by atoms with van der Waals surface area (Å²) >= 11 is 0. The minimum absolute atomic E-state index is 0.460. The van der Waals surface area contributed by atoms with Gasteiger partial charge in [0.1, 0.15) is 11.6 Å². The summed E-state index contributed by atoms with van der Waals surface area (Å²) in [7, 11) is 0. The third kappa shape index (κ3) is 3.11. The van der Waals surface area contributed by atoms with E-state index in [0.29, 0.717) is 12.0 Å². The molecule has 1 nitrogen and oxygen atoms in total. The Kier molecular flexibility index (Phi) is 3.83. The molecule has 0 saturated heterocycles. The van der Waals surface area contributed by atoms with Gasteiger partial charge in [-0.1, -0.05) is 13.0 Å². The van der Waals surface area contributed by atoms with Gasteiger partial charge in [0.05, 0.1) is 0 Å². The second-order valence-corrected chi connectivity index (χ2v) is 2.84. The summed E-state index contributed by atoms with van der Waals surface area (Å²) in [5.74, 6) is -0.984. The van der Waals surface area contributed by atoms with Gasteiger partial charge in [-0.2, -0.15) is 0 Å². The SMILES string of the molecule is CCNCCc1ccc(F)cc1F. The van der Waals surface area contributed by atoms with Gasteiger partial charge in [-0.25, -0.2) is 8.78 Å². The first-order valence-corrected chi connectivity index (χ1v) is 4.38. The van der Waals surface area contributed by atoms with Crippen molar-refractivity contribution in [3.63, 3.8) is 0 Å². The van der Waals surface area contributed by atoms with Crippen molar-refractivity contribution in [2.45, 2.75) is 13.3 Å². The largest absolute Gasteiger partial charge is 0.317 e. The van der Waals surface area contributed by atoms with Gasteiger partial charge in [0.2, 0.25) is 0 Å². The van der Waals surface area contributed by atoms with Crippen LogP contribution in [-0.2, 0) is 6.42 Å². The third-order valence-electron chi connectivity index (χ3n) is 1.84. The number of hydrogen-bond donors (Lipinski definition) is 1. The summed E-state index contributed by atoms with van der Waals surface area (Å²) < 4.78 is 25.5. The average molecular weight is 185 g/mol. The second-order valence-electron chi connectivity index (χ2n) is 2.84. The summed E-state index contributed by atoms with van der Waals surface area (Å²) in [6.07, 6.45) is 0.597. The van der Waals surface area contributed by atoms with Gasteiger partial charge in [0.25, 0.3) is 0 Å². The van der Waals surface area contributed by atoms with Gasteiger partial charge in [0.15, 0.2) is 0 Å².